The molecule has 1 amide bonds. The van der Waals surface area contributed by atoms with E-state index >= 15 is 0 Å². The van der Waals surface area contributed by atoms with Gasteiger partial charge in [-0.25, -0.2) is 5.01 Å². The number of thioether (sulfide) groups is 1. The van der Waals surface area contributed by atoms with Gasteiger partial charge < -0.3 is 9.72 Å². The molecule has 1 aliphatic heterocycles. The monoisotopic (exact) mass is 455 g/mol. The molecule has 0 radical (unpaired) electrons. The first-order valence-electron chi connectivity index (χ1n) is 10.9. The van der Waals surface area contributed by atoms with Crippen LogP contribution in [-0.4, -0.2) is 34.5 Å². The second-order valence-corrected chi connectivity index (χ2v) is 9.15. The highest BCUT2D eigenvalue weighted by Gasteiger charge is 2.33. The van der Waals surface area contributed by atoms with Crippen LogP contribution in [0.25, 0.3) is 10.9 Å². The average molecular weight is 456 g/mol. The number of H-pyrrole nitrogens is 1. The lowest BCUT2D eigenvalue weighted by Gasteiger charge is -2.22. The van der Waals surface area contributed by atoms with Gasteiger partial charge in [-0.05, 0) is 48.4 Å². The maximum Gasteiger partial charge on any atom is 0.253 e. The second-order valence-electron chi connectivity index (χ2n) is 8.13. The smallest absolute Gasteiger partial charge is 0.253 e. The first-order valence-corrected chi connectivity index (χ1v) is 11.9. The maximum absolute atomic E-state index is 13.4. The molecular formula is C27H25N3O2S. The Bertz CT molecular complexity index is 1310. The molecule has 5 rings (SSSR count). The summed E-state index contributed by atoms with van der Waals surface area (Å²) in [6, 6.07) is 24.2. The number of hydrazone groups is 1. The number of nitrogens with one attached hydrogen (secondary N) is 1. The van der Waals surface area contributed by atoms with Gasteiger partial charge in [0.15, 0.2) is 0 Å². The van der Waals surface area contributed by atoms with E-state index in [1.807, 2.05) is 48.7 Å². The van der Waals surface area contributed by atoms with Crippen LogP contribution < -0.4 is 4.74 Å². The standard InChI is InChI=1S/C27H25N3O2S/c1-18-7-9-20(10-8-18)25-15-24(19-11-13-21(32-2)14-12-19)29-30(25)27(31)17-33-26-16-28-23-6-4-3-5-22(23)26/h3-14,16,25,28H,15,17H2,1-2H3. The van der Waals surface area contributed by atoms with Gasteiger partial charge in [-0.15, -0.1) is 11.8 Å². The first-order chi connectivity index (χ1) is 16.1. The normalized spacial score (nSPS) is 15.6. The van der Waals surface area contributed by atoms with Crippen LogP contribution in [-0.2, 0) is 4.79 Å². The van der Waals surface area contributed by atoms with E-state index < -0.39 is 0 Å². The molecule has 1 atom stereocenters. The number of hydrogen-bond acceptors (Lipinski definition) is 4. The molecule has 1 N–H and O–H groups in total. The van der Waals surface area contributed by atoms with Crippen molar-refractivity contribution in [2.24, 2.45) is 5.10 Å². The Morgan fingerprint density at radius 3 is 2.61 bits per heavy atom. The van der Waals surface area contributed by atoms with Crippen molar-refractivity contribution in [2.45, 2.75) is 24.3 Å². The summed E-state index contributed by atoms with van der Waals surface area (Å²) in [4.78, 5) is 17.7. The molecule has 0 fully saturated rings. The van der Waals surface area contributed by atoms with E-state index in [9.17, 15) is 4.79 Å². The Hall–Kier alpha value is -3.51. The molecule has 6 heteroatoms. The van der Waals surface area contributed by atoms with Gasteiger partial charge in [0.05, 0.1) is 24.6 Å². The molecule has 0 bridgehead atoms. The summed E-state index contributed by atoms with van der Waals surface area (Å²) < 4.78 is 5.28. The van der Waals surface area contributed by atoms with Crippen molar-refractivity contribution in [1.82, 2.24) is 9.99 Å². The second kappa shape index (κ2) is 9.16. The number of amides is 1. The lowest BCUT2D eigenvalue weighted by atomic mass is 9.97. The summed E-state index contributed by atoms with van der Waals surface area (Å²) in [5.74, 6) is 1.12. The molecule has 1 aliphatic rings. The van der Waals surface area contributed by atoms with E-state index in [0.29, 0.717) is 12.2 Å². The van der Waals surface area contributed by atoms with Gasteiger partial charge in [-0.3, -0.25) is 4.79 Å². The van der Waals surface area contributed by atoms with Crippen molar-refractivity contribution in [3.8, 4) is 5.75 Å². The van der Waals surface area contributed by atoms with Crippen LogP contribution in [0.15, 0.2) is 89.0 Å². The van der Waals surface area contributed by atoms with E-state index in [0.717, 1.165) is 38.4 Å². The van der Waals surface area contributed by atoms with Crippen LogP contribution in [0.3, 0.4) is 0 Å². The average Bonchev–Trinajstić information content (AvgIpc) is 3.48. The van der Waals surface area contributed by atoms with E-state index in [1.165, 1.54) is 5.56 Å². The number of benzene rings is 3. The van der Waals surface area contributed by atoms with Gasteiger partial charge >= 0.3 is 0 Å². The third-order valence-corrected chi connectivity index (χ3v) is 6.99. The minimum Gasteiger partial charge on any atom is -0.497 e. The number of nitrogens with zero attached hydrogens (tertiary/aromatic N) is 2. The molecule has 166 valence electrons. The van der Waals surface area contributed by atoms with Crippen LogP contribution in [0.2, 0.25) is 0 Å². The lowest BCUT2D eigenvalue weighted by molar-refractivity contribution is -0.130. The zero-order chi connectivity index (χ0) is 22.8. The molecule has 0 saturated heterocycles. The molecule has 3 aromatic carbocycles. The fourth-order valence-corrected chi connectivity index (χ4v) is 5.00. The number of aryl methyl sites for hydroxylation is 1. The third kappa shape index (κ3) is 4.39. The number of aromatic amines is 1. The number of ether oxygens (including phenoxy) is 1. The van der Waals surface area contributed by atoms with Gasteiger partial charge in [0.25, 0.3) is 5.91 Å². The summed E-state index contributed by atoms with van der Waals surface area (Å²) in [6.07, 6.45) is 2.65. The Balaban J connectivity index is 1.40. The van der Waals surface area contributed by atoms with E-state index in [-0.39, 0.29) is 11.9 Å². The topological polar surface area (TPSA) is 57.7 Å². The summed E-state index contributed by atoms with van der Waals surface area (Å²) in [5, 5.41) is 7.60. The summed E-state index contributed by atoms with van der Waals surface area (Å²) >= 11 is 1.54. The molecule has 1 unspecified atom stereocenters. The van der Waals surface area contributed by atoms with Gasteiger partial charge in [0.2, 0.25) is 0 Å². The molecule has 0 saturated carbocycles. The lowest BCUT2D eigenvalue weighted by Crippen LogP contribution is -2.28. The van der Waals surface area contributed by atoms with Crippen molar-refractivity contribution < 1.29 is 9.53 Å². The SMILES string of the molecule is COc1ccc(C2=NN(C(=O)CSc3c[nH]c4ccccc34)C(c3ccc(C)cc3)C2)cc1. The minimum atomic E-state index is -0.112. The Kier molecular flexibility index (Phi) is 5.92. The number of fused-ring (bicyclic) bond motifs is 1. The van der Waals surface area contributed by atoms with Gasteiger partial charge in [0.1, 0.15) is 5.75 Å². The van der Waals surface area contributed by atoms with Crippen molar-refractivity contribution in [1.29, 1.82) is 0 Å². The highest BCUT2D eigenvalue weighted by atomic mass is 32.2. The zero-order valence-electron chi connectivity index (χ0n) is 18.6. The van der Waals surface area contributed by atoms with Crippen molar-refractivity contribution in [2.75, 3.05) is 12.9 Å². The van der Waals surface area contributed by atoms with Gasteiger partial charge in [-0.2, -0.15) is 5.10 Å². The minimum absolute atomic E-state index is 0.000585. The number of methoxy groups -OCH3 is 1. The van der Waals surface area contributed by atoms with Crippen molar-refractivity contribution in [3.05, 3.63) is 95.7 Å². The summed E-state index contributed by atoms with van der Waals surface area (Å²) in [7, 11) is 1.65. The quantitative estimate of drug-likeness (QED) is 0.365. The highest BCUT2D eigenvalue weighted by Crippen LogP contribution is 2.35. The van der Waals surface area contributed by atoms with Crippen LogP contribution in [0.5, 0.6) is 5.75 Å². The van der Waals surface area contributed by atoms with E-state index in [1.54, 1.807) is 23.9 Å². The molecule has 33 heavy (non-hydrogen) atoms. The molecule has 1 aromatic heterocycles. The Labute approximate surface area is 197 Å². The van der Waals surface area contributed by atoms with Crippen molar-refractivity contribution in [3.63, 3.8) is 0 Å². The molecule has 0 aliphatic carbocycles. The van der Waals surface area contributed by atoms with Gasteiger partial charge in [0, 0.05) is 28.4 Å². The molecular weight excluding hydrogens is 430 g/mol. The molecule has 5 nitrogen and oxygen atoms in total. The fraction of sp³-hybridized carbons (Fsp3) is 0.185. The largest absolute Gasteiger partial charge is 0.497 e. The molecule has 2 heterocycles. The van der Waals surface area contributed by atoms with Crippen molar-refractivity contribution >= 4 is 34.3 Å². The van der Waals surface area contributed by atoms with Crippen LogP contribution in [0.1, 0.15) is 29.2 Å². The number of rotatable bonds is 6. The predicted octanol–water partition coefficient (Wildman–Crippen LogP) is 5.95. The summed E-state index contributed by atoms with van der Waals surface area (Å²) in [5.41, 5.74) is 5.28. The summed E-state index contributed by atoms with van der Waals surface area (Å²) in [6.45, 7) is 2.07. The Morgan fingerprint density at radius 2 is 1.85 bits per heavy atom. The van der Waals surface area contributed by atoms with Crippen LogP contribution in [0.4, 0.5) is 0 Å². The number of carbonyl (C=O) groups is 1. The third-order valence-electron chi connectivity index (χ3n) is 5.95. The van der Waals surface area contributed by atoms with E-state index in [2.05, 4.69) is 42.2 Å². The van der Waals surface area contributed by atoms with Gasteiger partial charge in [-0.1, -0.05) is 48.0 Å². The van der Waals surface area contributed by atoms with E-state index in [4.69, 9.17) is 9.84 Å². The number of aromatic nitrogens is 1. The Morgan fingerprint density at radius 1 is 1.09 bits per heavy atom. The fourth-order valence-electron chi connectivity index (χ4n) is 4.12. The zero-order valence-corrected chi connectivity index (χ0v) is 19.4. The molecule has 4 aromatic rings. The first kappa shape index (κ1) is 21.3. The predicted molar refractivity (Wildman–Crippen MR) is 134 cm³/mol. The maximum atomic E-state index is 13.4. The van der Waals surface area contributed by atoms with Crippen LogP contribution >= 0.6 is 11.8 Å². The number of para-hydroxylation sites is 1. The number of hydrogen-bond donors (Lipinski definition) is 1. The molecule has 0 spiro atoms. The highest BCUT2D eigenvalue weighted by molar-refractivity contribution is 8.00. The van der Waals surface area contributed by atoms with Crippen LogP contribution in [0, 0.1) is 6.92 Å². The number of carbonyl (C=O) groups excluding carboxylic acids is 1.